The van der Waals surface area contributed by atoms with Crippen molar-refractivity contribution in [1.82, 2.24) is 14.5 Å². The number of imidazole rings is 1. The summed E-state index contributed by atoms with van der Waals surface area (Å²) in [7, 11) is -1.25. The largest absolute Gasteiger partial charge is 0.381 e. The number of aryl methyl sites for hydroxylation is 1. The van der Waals surface area contributed by atoms with Crippen molar-refractivity contribution in [2.24, 2.45) is 0 Å². The third kappa shape index (κ3) is 5.21. The van der Waals surface area contributed by atoms with Crippen LogP contribution in [0.15, 0.2) is 41.7 Å². The highest BCUT2D eigenvalue weighted by molar-refractivity contribution is 7.91. The Kier molecular flexibility index (Phi) is 7.26. The van der Waals surface area contributed by atoms with Crippen LogP contribution in [0.1, 0.15) is 37.4 Å². The van der Waals surface area contributed by atoms with Gasteiger partial charge in [-0.15, -0.1) is 0 Å². The summed E-state index contributed by atoms with van der Waals surface area (Å²) >= 11 is 0. The Morgan fingerprint density at radius 3 is 2.61 bits per heavy atom. The van der Waals surface area contributed by atoms with Gasteiger partial charge in [0.25, 0.3) is 0 Å². The second kappa shape index (κ2) is 9.67. The van der Waals surface area contributed by atoms with Crippen LogP contribution in [0, 0.1) is 0 Å². The summed E-state index contributed by atoms with van der Waals surface area (Å²) in [5, 5.41) is 0.207. The van der Waals surface area contributed by atoms with E-state index in [-0.39, 0.29) is 10.9 Å². The lowest BCUT2D eigenvalue weighted by molar-refractivity contribution is 0.0399. The van der Waals surface area contributed by atoms with Crippen LogP contribution in [-0.2, 0) is 34.1 Å². The number of nitrogens with zero attached hydrogens (tertiary/aromatic N) is 3. The summed E-state index contributed by atoms with van der Waals surface area (Å²) in [5.74, 6) is 0.0674. The molecule has 1 aliphatic rings. The molecule has 0 amide bonds. The third-order valence-electron chi connectivity index (χ3n) is 5.48. The van der Waals surface area contributed by atoms with E-state index in [2.05, 4.69) is 29.1 Å². The number of hydrogen-bond acceptors (Lipinski definition) is 5. The minimum atomic E-state index is -3.35. The molecule has 3 rings (SSSR count). The van der Waals surface area contributed by atoms with E-state index >= 15 is 0 Å². The highest BCUT2D eigenvalue weighted by Crippen LogP contribution is 2.20. The van der Waals surface area contributed by atoms with E-state index in [4.69, 9.17) is 4.74 Å². The summed E-state index contributed by atoms with van der Waals surface area (Å²) in [4.78, 5) is 6.61. The molecule has 1 aromatic carbocycles. The first-order chi connectivity index (χ1) is 13.5. The van der Waals surface area contributed by atoms with Gasteiger partial charge in [0.05, 0.1) is 17.6 Å². The van der Waals surface area contributed by atoms with E-state index in [1.54, 1.807) is 13.1 Å². The van der Waals surface area contributed by atoms with Crippen LogP contribution in [0.5, 0.6) is 0 Å². The van der Waals surface area contributed by atoms with Crippen LogP contribution in [0.2, 0.25) is 0 Å². The lowest BCUT2D eigenvalue weighted by Gasteiger charge is -2.31. The molecule has 2 aromatic rings. The standard InChI is InChI=1S/C21H31N3O3S/c1-3-28(25,26)21-22-16-20(17-23(2)19-11-14-27-15-12-19)24(21)13-7-10-18-8-5-4-6-9-18/h4-6,8-9,16,19H,3,7,10-15,17H2,1-2H3. The Labute approximate surface area is 168 Å². The van der Waals surface area contributed by atoms with Gasteiger partial charge in [0.2, 0.25) is 15.0 Å². The van der Waals surface area contributed by atoms with Gasteiger partial charge in [-0.2, -0.15) is 0 Å². The zero-order valence-corrected chi connectivity index (χ0v) is 17.7. The second-order valence-electron chi connectivity index (χ2n) is 7.43. The van der Waals surface area contributed by atoms with Gasteiger partial charge in [-0.25, -0.2) is 13.4 Å². The van der Waals surface area contributed by atoms with Crippen molar-refractivity contribution in [2.75, 3.05) is 26.0 Å². The van der Waals surface area contributed by atoms with E-state index in [1.165, 1.54) is 5.56 Å². The zero-order chi connectivity index (χ0) is 20.0. The van der Waals surface area contributed by atoms with Crippen LogP contribution in [0.25, 0.3) is 0 Å². The topological polar surface area (TPSA) is 64.4 Å². The molecule has 0 unspecified atom stereocenters. The van der Waals surface area contributed by atoms with E-state index in [0.717, 1.165) is 44.6 Å². The summed E-state index contributed by atoms with van der Waals surface area (Å²) in [6.45, 7) is 4.61. The first kappa shape index (κ1) is 21.0. The minimum absolute atomic E-state index is 0.0674. The van der Waals surface area contributed by atoms with Gasteiger partial charge in [0, 0.05) is 32.3 Å². The molecular formula is C21H31N3O3S. The molecule has 2 heterocycles. The van der Waals surface area contributed by atoms with Gasteiger partial charge in [-0.3, -0.25) is 4.90 Å². The monoisotopic (exact) mass is 405 g/mol. The molecule has 1 aliphatic heterocycles. The Morgan fingerprint density at radius 1 is 1.21 bits per heavy atom. The molecule has 1 saturated heterocycles. The first-order valence-corrected chi connectivity index (χ1v) is 11.8. The van der Waals surface area contributed by atoms with E-state index in [1.807, 2.05) is 22.8 Å². The molecule has 28 heavy (non-hydrogen) atoms. The van der Waals surface area contributed by atoms with E-state index in [9.17, 15) is 8.42 Å². The molecule has 0 bridgehead atoms. The van der Waals surface area contributed by atoms with E-state index in [0.29, 0.717) is 19.1 Å². The van der Waals surface area contributed by atoms with Crippen LogP contribution in [0.3, 0.4) is 0 Å². The van der Waals surface area contributed by atoms with Crippen LogP contribution in [0.4, 0.5) is 0 Å². The molecule has 0 spiro atoms. The summed E-state index contributed by atoms with van der Waals surface area (Å²) in [5.41, 5.74) is 2.23. The fraction of sp³-hybridized carbons (Fsp3) is 0.571. The molecule has 1 aromatic heterocycles. The summed E-state index contributed by atoms with van der Waals surface area (Å²) < 4.78 is 32.5. The van der Waals surface area contributed by atoms with Crippen molar-refractivity contribution >= 4 is 9.84 Å². The maximum atomic E-state index is 12.5. The maximum Gasteiger partial charge on any atom is 0.227 e. The highest BCUT2D eigenvalue weighted by Gasteiger charge is 2.24. The molecule has 0 saturated carbocycles. The Bertz CT molecular complexity index is 843. The fourth-order valence-corrected chi connectivity index (χ4v) is 4.75. The average molecular weight is 406 g/mol. The molecule has 0 radical (unpaired) electrons. The Hall–Kier alpha value is -1.70. The number of sulfone groups is 1. The van der Waals surface area contributed by atoms with Crippen molar-refractivity contribution in [3.8, 4) is 0 Å². The lowest BCUT2D eigenvalue weighted by Crippen LogP contribution is -2.36. The van der Waals surface area contributed by atoms with Gasteiger partial charge in [0.1, 0.15) is 0 Å². The van der Waals surface area contributed by atoms with Crippen molar-refractivity contribution < 1.29 is 13.2 Å². The highest BCUT2D eigenvalue weighted by atomic mass is 32.2. The Balaban J connectivity index is 1.75. The first-order valence-electron chi connectivity index (χ1n) is 10.1. The second-order valence-corrected chi connectivity index (χ2v) is 9.61. The lowest BCUT2D eigenvalue weighted by atomic mass is 10.1. The maximum absolute atomic E-state index is 12.5. The van der Waals surface area contributed by atoms with Crippen LogP contribution < -0.4 is 0 Å². The molecule has 0 N–H and O–H groups in total. The van der Waals surface area contributed by atoms with Crippen molar-refractivity contribution in [3.05, 3.63) is 47.8 Å². The van der Waals surface area contributed by atoms with Gasteiger partial charge < -0.3 is 9.30 Å². The molecule has 1 fully saturated rings. The molecule has 0 atom stereocenters. The number of ether oxygens (including phenoxy) is 1. The SMILES string of the molecule is CCS(=O)(=O)c1ncc(CN(C)C2CCOCC2)n1CCCc1ccccc1. The normalized spacial score (nSPS) is 16.0. The summed E-state index contributed by atoms with van der Waals surface area (Å²) in [6, 6.07) is 10.8. The predicted molar refractivity (Wildman–Crippen MR) is 110 cm³/mol. The van der Waals surface area contributed by atoms with Crippen molar-refractivity contribution in [2.45, 2.75) is 56.9 Å². The molecular weight excluding hydrogens is 374 g/mol. The molecule has 0 aliphatic carbocycles. The number of aromatic nitrogens is 2. The van der Waals surface area contributed by atoms with E-state index < -0.39 is 9.84 Å². The fourth-order valence-electron chi connectivity index (χ4n) is 3.73. The van der Waals surface area contributed by atoms with Crippen molar-refractivity contribution in [3.63, 3.8) is 0 Å². The average Bonchev–Trinajstić information content (AvgIpc) is 3.12. The van der Waals surface area contributed by atoms with Gasteiger partial charge >= 0.3 is 0 Å². The molecule has 7 heteroatoms. The predicted octanol–water partition coefficient (Wildman–Crippen LogP) is 2.92. The van der Waals surface area contributed by atoms with Crippen LogP contribution >= 0.6 is 0 Å². The number of hydrogen-bond donors (Lipinski definition) is 0. The quantitative estimate of drug-likeness (QED) is 0.642. The number of benzene rings is 1. The smallest absolute Gasteiger partial charge is 0.227 e. The molecule has 154 valence electrons. The summed E-state index contributed by atoms with van der Waals surface area (Å²) in [6.07, 6.45) is 5.55. The Morgan fingerprint density at radius 2 is 1.93 bits per heavy atom. The van der Waals surface area contributed by atoms with Gasteiger partial charge in [-0.05, 0) is 38.3 Å². The van der Waals surface area contributed by atoms with Crippen molar-refractivity contribution in [1.29, 1.82) is 0 Å². The minimum Gasteiger partial charge on any atom is -0.381 e. The van der Waals surface area contributed by atoms with Crippen LogP contribution in [-0.4, -0.2) is 54.9 Å². The van der Waals surface area contributed by atoms with Gasteiger partial charge in [0.15, 0.2) is 0 Å². The number of rotatable bonds is 9. The molecule has 6 nitrogen and oxygen atoms in total. The van der Waals surface area contributed by atoms with Gasteiger partial charge in [-0.1, -0.05) is 37.3 Å². The third-order valence-corrected chi connectivity index (χ3v) is 7.12. The zero-order valence-electron chi connectivity index (χ0n) is 16.9.